The summed E-state index contributed by atoms with van der Waals surface area (Å²) in [6.07, 6.45) is 0. The average molecular weight is 195 g/mol. The molecule has 72 valence electrons. The number of halogens is 1. The van der Waals surface area contributed by atoms with Gasteiger partial charge in [-0.1, -0.05) is 0 Å². The number of methoxy groups -OCH3 is 1. The SMILES string of the molecule is COC(=O)c1cc(C#N)c(O)cc1F. The largest absolute Gasteiger partial charge is 0.506 e. The third-order valence-electron chi connectivity index (χ3n) is 1.61. The second kappa shape index (κ2) is 3.75. The molecule has 1 N–H and O–H groups in total. The first-order chi connectivity index (χ1) is 6.60. The summed E-state index contributed by atoms with van der Waals surface area (Å²) in [5.74, 6) is -2.31. The number of nitriles is 1. The van der Waals surface area contributed by atoms with Gasteiger partial charge in [-0.2, -0.15) is 5.26 Å². The van der Waals surface area contributed by atoms with Crippen LogP contribution in [0.2, 0.25) is 0 Å². The Morgan fingerprint density at radius 1 is 1.64 bits per heavy atom. The molecule has 0 aromatic heterocycles. The maximum atomic E-state index is 13.0. The van der Waals surface area contributed by atoms with Crippen LogP contribution in [0, 0.1) is 17.1 Å². The first-order valence-electron chi connectivity index (χ1n) is 3.61. The monoisotopic (exact) mass is 195 g/mol. The molecule has 0 heterocycles. The van der Waals surface area contributed by atoms with E-state index in [4.69, 9.17) is 10.4 Å². The molecule has 14 heavy (non-hydrogen) atoms. The average Bonchev–Trinajstić information content (AvgIpc) is 2.17. The predicted octanol–water partition coefficient (Wildman–Crippen LogP) is 1.19. The number of phenols is 1. The Morgan fingerprint density at radius 3 is 2.79 bits per heavy atom. The molecule has 0 amide bonds. The molecular weight excluding hydrogens is 189 g/mol. The number of carbonyl (C=O) groups excluding carboxylic acids is 1. The van der Waals surface area contributed by atoms with Gasteiger partial charge in [0, 0.05) is 6.07 Å². The van der Waals surface area contributed by atoms with Gasteiger partial charge >= 0.3 is 5.97 Å². The van der Waals surface area contributed by atoms with E-state index in [9.17, 15) is 9.18 Å². The molecule has 0 radical (unpaired) electrons. The Morgan fingerprint density at radius 2 is 2.29 bits per heavy atom. The van der Waals surface area contributed by atoms with E-state index in [1.807, 2.05) is 0 Å². The predicted molar refractivity (Wildman–Crippen MR) is 44.1 cm³/mol. The molecule has 1 aromatic carbocycles. The lowest BCUT2D eigenvalue weighted by molar-refractivity contribution is 0.0595. The zero-order chi connectivity index (χ0) is 10.7. The van der Waals surface area contributed by atoms with Crippen molar-refractivity contribution in [3.8, 4) is 11.8 Å². The Kier molecular flexibility index (Phi) is 2.67. The van der Waals surface area contributed by atoms with Gasteiger partial charge in [0.05, 0.1) is 18.2 Å². The van der Waals surface area contributed by atoms with Crippen molar-refractivity contribution >= 4 is 5.97 Å². The lowest BCUT2D eigenvalue weighted by Crippen LogP contribution is -2.04. The molecule has 0 atom stereocenters. The van der Waals surface area contributed by atoms with Gasteiger partial charge < -0.3 is 9.84 Å². The van der Waals surface area contributed by atoms with Gasteiger partial charge in [0.15, 0.2) is 0 Å². The van der Waals surface area contributed by atoms with Crippen LogP contribution in [0.5, 0.6) is 5.75 Å². The highest BCUT2D eigenvalue weighted by Crippen LogP contribution is 2.21. The topological polar surface area (TPSA) is 70.3 Å². The van der Waals surface area contributed by atoms with Gasteiger partial charge in [0.25, 0.3) is 0 Å². The molecule has 4 nitrogen and oxygen atoms in total. The number of benzene rings is 1. The van der Waals surface area contributed by atoms with Crippen molar-refractivity contribution in [1.82, 2.24) is 0 Å². The summed E-state index contributed by atoms with van der Waals surface area (Å²) in [7, 11) is 1.10. The molecule has 5 heteroatoms. The second-order valence-corrected chi connectivity index (χ2v) is 2.45. The van der Waals surface area contributed by atoms with E-state index in [1.54, 1.807) is 6.07 Å². The second-order valence-electron chi connectivity index (χ2n) is 2.45. The van der Waals surface area contributed by atoms with Crippen LogP contribution in [-0.2, 0) is 4.74 Å². The standard InChI is InChI=1S/C9H6FNO3/c1-14-9(13)6-2-5(4-11)8(12)3-7(6)10/h2-3,12H,1H3. The van der Waals surface area contributed by atoms with Crippen LogP contribution in [0.15, 0.2) is 12.1 Å². The Hall–Kier alpha value is -2.09. The lowest BCUT2D eigenvalue weighted by atomic mass is 10.1. The highest BCUT2D eigenvalue weighted by molar-refractivity contribution is 5.90. The Balaban J connectivity index is 3.33. The van der Waals surface area contributed by atoms with Gasteiger partial charge in [0.1, 0.15) is 17.6 Å². The fourth-order valence-corrected chi connectivity index (χ4v) is 0.919. The molecular formula is C9H6FNO3. The summed E-state index contributed by atoms with van der Waals surface area (Å²) >= 11 is 0. The molecule has 1 aromatic rings. The molecule has 0 bridgehead atoms. The van der Waals surface area contributed by atoms with Crippen LogP contribution in [0.1, 0.15) is 15.9 Å². The number of esters is 1. The van der Waals surface area contributed by atoms with Crippen molar-refractivity contribution < 1.29 is 19.0 Å². The number of hydrogen-bond acceptors (Lipinski definition) is 4. The number of hydrogen-bond donors (Lipinski definition) is 1. The minimum atomic E-state index is -0.923. The molecule has 0 fully saturated rings. The van der Waals surface area contributed by atoms with Crippen molar-refractivity contribution in [3.05, 3.63) is 29.1 Å². The molecule has 0 unspecified atom stereocenters. The molecule has 0 saturated carbocycles. The molecule has 0 aliphatic carbocycles. The van der Waals surface area contributed by atoms with Gasteiger partial charge in [-0.3, -0.25) is 0 Å². The zero-order valence-electron chi connectivity index (χ0n) is 7.24. The highest BCUT2D eigenvalue weighted by Gasteiger charge is 2.15. The lowest BCUT2D eigenvalue weighted by Gasteiger charge is -2.02. The van der Waals surface area contributed by atoms with Gasteiger partial charge in [-0.15, -0.1) is 0 Å². The third-order valence-corrected chi connectivity index (χ3v) is 1.61. The molecule has 1 rings (SSSR count). The number of nitrogens with zero attached hydrogens (tertiary/aromatic N) is 1. The zero-order valence-corrected chi connectivity index (χ0v) is 7.24. The molecule has 0 aliphatic rings. The van der Waals surface area contributed by atoms with Crippen molar-refractivity contribution in [2.45, 2.75) is 0 Å². The van der Waals surface area contributed by atoms with E-state index in [1.165, 1.54) is 0 Å². The first-order valence-corrected chi connectivity index (χ1v) is 3.61. The van der Waals surface area contributed by atoms with E-state index in [0.717, 1.165) is 13.2 Å². The van der Waals surface area contributed by atoms with Crippen LogP contribution < -0.4 is 0 Å². The van der Waals surface area contributed by atoms with Gasteiger partial charge in [-0.25, -0.2) is 9.18 Å². The summed E-state index contributed by atoms with van der Waals surface area (Å²) in [5, 5.41) is 17.6. The fourth-order valence-electron chi connectivity index (χ4n) is 0.919. The molecule has 0 saturated heterocycles. The minimum absolute atomic E-state index is 0.174. The minimum Gasteiger partial charge on any atom is -0.506 e. The smallest absolute Gasteiger partial charge is 0.340 e. The van der Waals surface area contributed by atoms with Crippen LogP contribution in [0.4, 0.5) is 4.39 Å². The first kappa shape index (κ1) is 9.99. The van der Waals surface area contributed by atoms with Crippen LogP contribution in [0.25, 0.3) is 0 Å². The van der Waals surface area contributed by atoms with Gasteiger partial charge in [0.2, 0.25) is 0 Å². The van der Waals surface area contributed by atoms with Crippen molar-refractivity contribution in [3.63, 3.8) is 0 Å². The summed E-state index contributed by atoms with van der Waals surface area (Å²) < 4.78 is 17.3. The number of carbonyl (C=O) groups is 1. The highest BCUT2D eigenvalue weighted by atomic mass is 19.1. The van der Waals surface area contributed by atoms with Crippen molar-refractivity contribution in [2.75, 3.05) is 7.11 Å². The Labute approximate surface area is 79.2 Å². The summed E-state index contributed by atoms with van der Waals surface area (Å²) in [4.78, 5) is 11.0. The summed E-state index contributed by atoms with van der Waals surface area (Å²) in [6, 6.07) is 3.26. The van der Waals surface area contributed by atoms with E-state index < -0.39 is 17.5 Å². The normalized spacial score (nSPS) is 9.21. The van der Waals surface area contributed by atoms with Crippen LogP contribution >= 0.6 is 0 Å². The van der Waals surface area contributed by atoms with Gasteiger partial charge in [-0.05, 0) is 6.07 Å². The quantitative estimate of drug-likeness (QED) is 0.683. The summed E-state index contributed by atoms with van der Waals surface area (Å²) in [5.41, 5.74) is -0.548. The van der Waals surface area contributed by atoms with E-state index in [2.05, 4.69) is 4.74 Å². The number of rotatable bonds is 1. The molecule has 0 spiro atoms. The number of phenolic OH excluding ortho intramolecular Hbond substituents is 1. The third kappa shape index (κ3) is 1.64. The van der Waals surface area contributed by atoms with Crippen LogP contribution in [-0.4, -0.2) is 18.2 Å². The van der Waals surface area contributed by atoms with E-state index in [0.29, 0.717) is 6.07 Å². The molecule has 0 aliphatic heterocycles. The van der Waals surface area contributed by atoms with E-state index in [-0.39, 0.29) is 11.1 Å². The fraction of sp³-hybridized carbons (Fsp3) is 0.111. The van der Waals surface area contributed by atoms with Crippen molar-refractivity contribution in [1.29, 1.82) is 5.26 Å². The number of ether oxygens (including phenoxy) is 1. The maximum Gasteiger partial charge on any atom is 0.340 e. The van der Waals surface area contributed by atoms with Crippen molar-refractivity contribution in [2.24, 2.45) is 0 Å². The van der Waals surface area contributed by atoms with E-state index >= 15 is 0 Å². The number of aromatic hydroxyl groups is 1. The Bertz CT molecular complexity index is 423. The maximum absolute atomic E-state index is 13.0. The summed E-state index contributed by atoms with van der Waals surface area (Å²) in [6.45, 7) is 0. The van der Waals surface area contributed by atoms with Crippen LogP contribution in [0.3, 0.4) is 0 Å².